The summed E-state index contributed by atoms with van der Waals surface area (Å²) in [6, 6.07) is 14.3. The molecular formula is C22H24N4O4. The van der Waals surface area contributed by atoms with Gasteiger partial charge in [0.2, 0.25) is 17.6 Å². The van der Waals surface area contributed by atoms with E-state index in [2.05, 4.69) is 20.8 Å². The summed E-state index contributed by atoms with van der Waals surface area (Å²) < 4.78 is 10.6. The third kappa shape index (κ3) is 5.91. The van der Waals surface area contributed by atoms with E-state index in [-0.39, 0.29) is 18.4 Å². The van der Waals surface area contributed by atoms with Crippen LogP contribution in [0.1, 0.15) is 47.4 Å². The number of ether oxygens (including phenoxy) is 1. The third-order valence-electron chi connectivity index (χ3n) is 4.20. The van der Waals surface area contributed by atoms with Crippen LogP contribution in [-0.4, -0.2) is 22.0 Å². The predicted molar refractivity (Wildman–Crippen MR) is 111 cm³/mol. The molecule has 8 heteroatoms. The first kappa shape index (κ1) is 21.0. The monoisotopic (exact) mass is 408 g/mol. The number of carbonyl (C=O) groups is 2. The van der Waals surface area contributed by atoms with Crippen molar-refractivity contribution in [1.29, 1.82) is 0 Å². The minimum atomic E-state index is -0.268. The number of carbonyl (C=O) groups excluding carboxylic acids is 2. The molecule has 0 radical (unpaired) electrons. The second-order valence-electron chi connectivity index (χ2n) is 6.70. The smallest absolute Gasteiger partial charge is 0.255 e. The fraction of sp³-hybridized carbons (Fsp3) is 0.273. The van der Waals surface area contributed by atoms with Crippen molar-refractivity contribution in [3.05, 3.63) is 71.4 Å². The average Bonchev–Trinajstić information content (AvgIpc) is 3.16. The van der Waals surface area contributed by atoms with Crippen LogP contribution >= 0.6 is 0 Å². The van der Waals surface area contributed by atoms with Crippen LogP contribution in [0.5, 0.6) is 5.75 Å². The lowest BCUT2D eigenvalue weighted by Gasteiger charge is -2.11. The van der Waals surface area contributed by atoms with Gasteiger partial charge in [-0.25, -0.2) is 0 Å². The number of rotatable bonds is 9. The number of nitrogens with zero attached hydrogens (tertiary/aromatic N) is 2. The lowest BCUT2D eigenvalue weighted by molar-refractivity contribution is -0.116. The molecule has 0 spiro atoms. The number of para-hydroxylation sites is 1. The highest BCUT2D eigenvalue weighted by atomic mass is 16.5. The van der Waals surface area contributed by atoms with Crippen molar-refractivity contribution in [2.45, 2.75) is 39.8 Å². The predicted octanol–water partition coefficient (Wildman–Crippen LogP) is 3.63. The number of amides is 2. The highest BCUT2D eigenvalue weighted by Gasteiger charge is 2.13. The fourth-order valence-corrected chi connectivity index (χ4v) is 2.81. The van der Waals surface area contributed by atoms with Gasteiger partial charge >= 0.3 is 0 Å². The number of benzene rings is 2. The molecule has 0 atom stereocenters. The number of aryl methyl sites for hydroxylation is 1. The van der Waals surface area contributed by atoms with E-state index in [9.17, 15) is 9.59 Å². The van der Waals surface area contributed by atoms with Gasteiger partial charge in [0.25, 0.3) is 5.91 Å². The van der Waals surface area contributed by atoms with Crippen LogP contribution in [0.3, 0.4) is 0 Å². The molecule has 3 rings (SSSR count). The molecule has 30 heavy (non-hydrogen) atoms. The van der Waals surface area contributed by atoms with E-state index in [1.54, 1.807) is 31.2 Å². The highest BCUT2D eigenvalue weighted by molar-refractivity contribution is 5.97. The second kappa shape index (κ2) is 10.2. The Labute approximate surface area is 174 Å². The summed E-state index contributed by atoms with van der Waals surface area (Å²) in [6.07, 6.45) is 1.26. The normalized spacial score (nSPS) is 10.5. The van der Waals surface area contributed by atoms with E-state index in [1.165, 1.54) is 0 Å². The number of aromatic nitrogens is 2. The Morgan fingerprint density at radius 1 is 1.13 bits per heavy atom. The molecular weight excluding hydrogens is 384 g/mol. The zero-order valence-corrected chi connectivity index (χ0v) is 17.0. The van der Waals surface area contributed by atoms with Crippen LogP contribution in [-0.2, 0) is 17.9 Å². The van der Waals surface area contributed by atoms with Crippen molar-refractivity contribution in [2.24, 2.45) is 0 Å². The first-order valence-corrected chi connectivity index (χ1v) is 9.73. The molecule has 2 amide bonds. The lowest BCUT2D eigenvalue weighted by Crippen LogP contribution is -2.23. The van der Waals surface area contributed by atoms with Gasteiger partial charge in [0.15, 0.2) is 6.61 Å². The van der Waals surface area contributed by atoms with E-state index in [4.69, 9.17) is 9.26 Å². The summed E-state index contributed by atoms with van der Waals surface area (Å²) in [7, 11) is 0. The van der Waals surface area contributed by atoms with Crippen molar-refractivity contribution >= 4 is 17.5 Å². The van der Waals surface area contributed by atoms with E-state index in [0.717, 1.165) is 12.0 Å². The van der Waals surface area contributed by atoms with E-state index >= 15 is 0 Å². The Morgan fingerprint density at radius 2 is 1.97 bits per heavy atom. The Kier molecular flexibility index (Phi) is 7.15. The van der Waals surface area contributed by atoms with Gasteiger partial charge in [-0.15, -0.1) is 0 Å². The van der Waals surface area contributed by atoms with E-state index < -0.39 is 0 Å². The van der Waals surface area contributed by atoms with Gasteiger partial charge in [0, 0.05) is 25.6 Å². The average molecular weight is 408 g/mol. The summed E-state index contributed by atoms with van der Waals surface area (Å²) in [5.41, 5.74) is 1.99. The Hall–Kier alpha value is -3.68. The third-order valence-corrected chi connectivity index (χ3v) is 4.20. The van der Waals surface area contributed by atoms with Gasteiger partial charge in [-0.1, -0.05) is 36.3 Å². The number of nitrogens with one attached hydrogen (secondary N) is 2. The molecule has 0 aliphatic rings. The number of hydrogen-bond acceptors (Lipinski definition) is 6. The molecule has 156 valence electrons. The summed E-state index contributed by atoms with van der Waals surface area (Å²) in [5.74, 6) is 0.993. The molecule has 0 saturated carbocycles. The van der Waals surface area contributed by atoms with Gasteiger partial charge in [-0.05, 0) is 36.2 Å². The molecule has 2 N–H and O–H groups in total. The molecule has 3 aromatic rings. The summed E-state index contributed by atoms with van der Waals surface area (Å²) in [4.78, 5) is 28.5. The van der Waals surface area contributed by atoms with Gasteiger partial charge in [-0.2, -0.15) is 4.98 Å². The largest absolute Gasteiger partial charge is 0.485 e. The minimum Gasteiger partial charge on any atom is -0.485 e. The molecule has 2 aromatic carbocycles. The quantitative estimate of drug-likeness (QED) is 0.560. The zero-order valence-electron chi connectivity index (χ0n) is 17.0. The Bertz CT molecular complexity index is 1020. The van der Waals surface area contributed by atoms with Crippen molar-refractivity contribution in [1.82, 2.24) is 15.5 Å². The van der Waals surface area contributed by atoms with Crippen LogP contribution in [0.4, 0.5) is 5.69 Å². The maximum Gasteiger partial charge on any atom is 0.255 e. The SMILES string of the molecule is CCCC(=O)Nc1cccc(CNC(=O)c2ccccc2OCc2noc(C)n2)c1. The molecule has 0 fully saturated rings. The molecule has 0 bridgehead atoms. The zero-order chi connectivity index (χ0) is 21.3. The molecule has 8 nitrogen and oxygen atoms in total. The number of hydrogen-bond donors (Lipinski definition) is 2. The molecule has 1 aromatic heterocycles. The molecule has 0 saturated heterocycles. The van der Waals surface area contributed by atoms with Crippen molar-refractivity contribution in [2.75, 3.05) is 5.32 Å². The number of anilines is 1. The van der Waals surface area contributed by atoms with Crippen molar-refractivity contribution in [3.63, 3.8) is 0 Å². The fourth-order valence-electron chi connectivity index (χ4n) is 2.81. The Balaban J connectivity index is 1.60. The van der Waals surface area contributed by atoms with Crippen LogP contribution in [0.2, 0.25) is 0 Å². The van der Waals surface area contributed by atoms with Crippen LogP contribution in [0.15, 0.2) is 53.1 Å². The van der Waals surface area contributed by atoms with Crippen LogP contribution in [0.25, 0.3) is 0 Å². The Morgan fingerprint density at radius 3 is 2.73 bits per heavy atom. The van der Waals surface area contributed by atoms with E-state index in [1.807, 2.05) is 31.2 Å². The molecule has 1 heterocycles. The first-order valence-electron chi connectivity index (χ1n) is 9.73. The summed E-state index contributed by atoms with van der Waals surface area (Å²) in [5, 5.41) is 9.52. The van der Waals surface area contributed by atoms with Gasteiger partial charge in [-0.3, -0.25) is 9.59 Å². The second-order valence-corrected chi connectivity index (χ2v) is 6.70. The molecule has 0 aliphatic carbocycles. The van der Waals surface area contributed by atoms with Gasteiger partial charge in [0.05, 0.1) is 5.56 Å². The highest BCUT2D eigenvalue weighted by Crippen LogP contribution is 2.19. The van der Waals surface area contributed by atoms with Gasteiger partial charge < -0.3 is 19.9 Å². The van der Waals surface area contributed by atoms with Crippen molar-refractivity contribution in [3.8, 4) is 5.75 Å². The van der Waals surface area contributed by atoms with Crippen LogP contribution in [0, 0.1) is 6.92 Å². The molecule has 0 unspecified atom stereocenters. The van der Waals surface area contributed by atoms with Gasteiger partial charge in [0.1, 0.15) is 5.75 Å². The summed E-state index contributed by atoms with van der Waals surface area (Å²) >= 11 is 0. The minimum absolute atomic E-state index is 0.0263. The lowest BCUT2D eigenvalue weighted by atomic mass is 10.1. The first-order chi connectivity index (χ1) is 14.5. The topological polar surface area (TPSA) is 106 Å². The maximum atomic E-state index is 12.7. The van der Waals surface area contributed by atoms with Crippen molar-refractivity contribution < 1.29 is 18.8 Å². The molecule has 0 aliphatic heterocycles. The van der Waals surface area contributed by atoms with Crippen LogP contribution < -0.4 is 15.4 Å². The standard InChI is InChI=1S/C22H24N4O4/c1-3-7-21(27)25-17-9-6-8-16(12-17)13-23-22(28)18-10-4-5-11-19(18)29-14-20-24-15(2)30-26-20/h4-6,8-12H,3,7,13-14H2,1-2H3,(H,23,28)(H,25,27). The summed E-state index contributed by atoms with van der Waals surface area (Å²) in [6.45, 7) is 4.06. The maximum absolute atomic E-state index is 12.7. The van der Waals surface area contributed by atoms with E-state index in [0.29, 0.717) is 41.7 Å².